The zero-order chi connectivity index (χ0) is 13.2. The molecule has 6 nitrogen and oxygen atoms in total. The zero-order valence-corrected chi connectivity index (χ0v) is 10.4. The first kappa shape index (κ1) is 11.9. The Hall–Kier alpha value is -2.21. The fraction of sp³-hybridized carbons (Fsp3) is 0.308. The maximum atomic E-state index is 12.4. The molecular formula is C13H15N5O. The molecule has 0 saturated heterocycles. The lowest BCUT2D eigenvalue weighted by atomic mass is 9.98. The number of fused-ring (bicyclic) bond motifs is 1. The van der Waals surface area contributed by atoms with Crippen LogP contribution in [0.4, 0.5) is 5.69 Å². The van der Waals surface area contributed by atoms with E-state index in [2.05, 4.69) is 10.3 Å². The van der Waals surface area contributed by atoms with E-state index in [1.54, 1.807) is 17.3 Å². The third kappa shape index (κ3) is 2.34. The number of rotatable bonds is 2. The molecule has 0 aliphatic carbocycles. The van der Waals surface area contributed by atoms with Gasteiger partial charge in [-0.2, -0.15) is 0 Å². The highest BCUT2D eigenvalue weighted by Crippen LogP contribution is 2.26. The van der Waals surface area contributed by atoms with Crippen molar-refractivity contribution in [1.29, 1.82) is 0 Å². The molecule has 0 bridgehead atoms. The number of amides is 1. The van der Waals surface area contributed by atoms with Crippen LogP contribution in [0, 0.1) is 0 Å². The summed E-state index contributed by atoms with van der Waals surface area (Å²) in [4.78, 5) is 14.1. The summed E-state index contributed by atoms with van der Waals surface area (Å²) >= 11 is 0. The van der Waals surface area contributed by atoms with E-state index in [-0.39, 0.29) is 18.5 Å². The largest absolute Gasteiger partial charge is 0.326 e. The molecule has 2 heterocycles. The summed E-state index contributed by atoms with van der Waals surface area (Å²) in [5.74, 6) is -0.0203. The topological polar surface area (TPSA) is 77.0 Å². The number of aromatic nitrogens is 3. The molecule has 1 amide bonds. The van der Waals surface area contributed by atoms with Crippen LogP contribution in [0.25, 0.3) is 0 Å². The van der Waals surface area contributed by atoms with Crippen LogP contribution >= 0.6 is 0 Å². The minimum Gasteiger partial charge on any atom is -0.326 e. The third-order valence-corrected chi connectivity index (χ3v) is 3.25. The number of hydrogen-bond acceptors (Lipinski definition) is 4. The second-order valence-electron chi connectivity index (χ2n) is 4.70. The summed E-state index contributed by atoms with van der Waals surface area (Å²) in [5, 5.41) is 7.51. The second kappa shape index (κ2) is 4.81. The number of carbonyl (C=O) groups is 1. The van der Waals surface area contributed by atoms with Gasteiger partial charge in [0.25, 0.3) is 0 Å². The summed E-state index contributed by atoms with van der Waals surface area (Å²) in [6.07, 6.45) is 4.04. The fourth-order valence-corrected chi connectivity index (χ4v) is 2.40. The summed E-state index contributed by atoms with van der Waals surface area (Å²) in [5.41, 5.74) is 8.09. The first-order valence-corrected chi connectivity index (χ1v) is 6.22. The number of nitrogens with zero attached hydrogens (tertiary/aromatic N) is 4. The maximum absolute atomic E-state index is 12.4. The SMILES string of the molecule is NC1Cc2ccccc2N(C(=O)Cn2ccnn2)C1. The Balaban J connectivity index is 1.86. The van der Waals surface area contributed by atoms with E-state index in [4.69, 9.17) is 5.73 Å². The van der Waals surface area contributed by atoms with Gasteiger partial charge in [0.05, 0.1) is 6.20 Å². The number of hydrogen-bond donors (Lipinski definition) is 1. The van der Waals surface area contributed by atoms with Gasteiger partial charge < -0.3 is 10.6 Å². The Bertz CT molecular complexity index is 580. The first-order chi connectivity index (χ1) is 9.24. The van der Waals surface area contributed by atoms with E-state index in [0.29, 0.717) is 6.54 Å². The highest BCUT2D eigenvalue weighted by molar-refractivity contribution is 5.94. The molecule has 3 rings (SSSR count). The van der Waals surface area contributed by atoms with E-state index >= 15 is 0 Å². The van der Waals surface area contributed by atoms with E-state index in [1.165, 1.54) is 4.68 Å². The van der Waals surface area contributed by atoms with Crippen LogP contribution in [-0.4, -0.2) is 33.5 Å². The zero-order valence-electron chi connectivity index (χ0n) is 10.4. The molecule has 2 N–H and O–H groups in total. The Morgan fingerprint density at radius 3 is 3.05 bits per heavy atom. The molecule has 98 valence electrons. The second-order valence-corrected chi connectivity index (χ2v) is 4.70. The van der Waals surface area contributed by atoms with E-state index in [1.807, 2.05) is 24.3 Å². The minimum atomic E-state index is -0.0203. The highest BCUT2D eigenvalue weighted by Gasteiger charge is 2.26. The monoisotopic (exact) mass is 257 g/mol. The normalized spacial score (nSPS) is 18.2. The van der Waals surface area contributed by atoms with Crippen molar-refractivity contribution < 1.29 is 4.79 Å². The molecule has 1 atom stereocenters. The predicted octanol–water partition coefficient (Wildman–Crippen LogP) is 0.195. The van der Waals surface area contributed by atoms with Crippen LogP contribution in [0.2, 0.25) is 0 Å². The van der Waals surface area contributed by atoms with Gasteiger partial charge in [-0.3, -0.25) is 4.79 Å². The summed E-state index contributed by atoms with van der Waals surface area (Å²) in [6.45, 7) is 0.728. The average molecular weight is 257 g/mol. The number of nitrogens with two attached hydrogens (primary N) is 1. The molecule has 1 aromatic heterocycles. The third-order valence-electron chi connectivity index (χ3n) is 3.25. The van der Waals surface area contributed by atoms with Gasteiger partial charge in [0.2, 0.25) is 5.91 Å². The standard InChI is InChI=1S/C13H15N5O/c14-11-7-10-3-1-2-4-12(10)18(8-11)13(19)9-17-6-5-15-16-17/h1-6,11H,7-9,14H2. The van der Waals surface area contributed by atoms with Gasteiger partial charge >= 0.3 is 0 Å². The molecule has 1 unspecified atom stereocenters. The Morgan fingerprint density at radius 1 is 1.42 bits per heavy atom. The van der Waals surface area contributed by atoms with Gasteiger partial charge in [-0.1, -0.05) is 23.4 Å². The number of anilines is 1. The van der Waals surface area contributed by atoms with Crippen molar-refractivity contribution in [1.82, 2.24) is 15.0 Å². The van der Waals surface area contributed by atoms with Gasteiger partial charge in [-0.15, -0.1) is 5.10 Å². The Kier molecular flexibility index (Phi) is 3.00. The van der Waals surface area contributed by atoms with Gasteiger partial charge in [-0.25, -0.2) is 4.68 Å². The quantitative estimate of drug-likeness (QED) is 0.833. The molecule has 1 aromatic carbocycles. The summed E-state index contributed by atoms with van der Waals surface area (Å²) in [6, 6.07) is 7.86. The van der Waals surface area contributed by atoms with Crippen molar-refractivity contribution in [2.24, 2.45) is 5.73 Å². The van der Waals surface area contributed by atoms with Crippen molar-refractivity contribution in [3.8, 4) is 0 Å². The Labute approximate surface area is 110 Å². The van der Waals surface area contributed by atoms with Gasteiger partial charge in [-0.05, 0) is 18.1 Å². The van der Waals surface area contributed by atoms with Crippen molar-refractivity contribution in [2.45, 2.75) is 19.0 Å². The van der Waals surface area contributed by atoms with E-state index < -0.39 is 0 Å². The first-order valence-electron chi connectivity index (χ1n) is 6.22. The molecule has 0 spiro atoms. The molecule has 19 heavy (non-hydrogen) atoms. The van der Waals surface area contributed by atoms with Crippen molar-refractivity contribution in [3.05, 3.63) is 42.2 Å². The van der Waals surface area contributed by atoms with E-state index in [9.17, 15) is 4.79 Å². The highest BCUT2D eigenvalue weighted by atomic mass is 16.2. The lowest BCUT2D eigenvalue weighted by molar-refractivity contribution is -0.119. The van der Waals surface area contributed by atoms with Crippen LogP contribution in [-0.2, 0) is 17.8 Å². The van der Waals surface area contributed by atoms with Gasteiger partial charge in [0.15, 0.2) is 0 Å². The van der Waals surface area contributed by atoms with Gasteiger partial charge in [0, 0.05) is 24.5 Å². The number of para-hydroxylation sites is 1. The summed E-state index contributed by atoms with van der Waals surface area (Å²) in [7, 11) is 0. The van der Waals surface area contributed by atoms with Crippen molar-refractivity contribution >= 4 is 11.6 Å². The lowest BCUT2D eigenvalue weighted by Crippen LogP contribution is -2.47. The van der Waals surface area contributed by atoms with Crippen LogP contribution < -0.4 is 10.6 Å². The molecule has 6 heteroatoms. The average Bonchev–Trinajstić information content (AvgIpc) is 2.90. The molecular weight excluding hydrogens is 242 g/mol. The Morgan fingerprint density at radius 2 is 2.26 bits per heavy atom. The molecule has 1 aliphatic heterocycles. The van der Waals surface area contributed by atoms with Crippen LogP contribution in [0.1, 0.15) is 5.56 Å². The predicted molar refractivity (Wildman–Crippen MR) is 70.5 cm³/mol. The van der Waals surface area contributed by atoms with Crippen molar-refractivity contribution in [3.63, 3.8) is 0 Å². The molecule has 2 aromatic rings. The molecule has 0 radical (unpaired) electrons. The minimum absolute atomic E-state index is 0.0189. The van der Waals surface area contributed by atoms with Crippen LogP contribution in [0.5, 0.6) is 0 Å². The molecule has 0 saturated carbocycles. The lowest BCUT2D eigenvalue weighted by Gasteiger charge is -2.33. The van der Waals surface area contributed by atoms with E-state index in [0.717, 1.165) is 17.7 Å². The van der Waals surface area contributed by atoms with Crippen LogP contribution in [0.3, 0.4) is 0 Å². The van der Waals surface area contributed by atoms with Gasteiger partial charge in [0.1, 0.15) is 6.54 Å². The number of carbonyl (C=O) groups excluding carboxylic acids is 1. The number of benzene rings is 1. The fourth-order valence-electron chi connectivity index (χ4n) is 2.40. The molecule has 1 aliphatic rings. The summed E-state index contributed by atoms with van der Waals surface area (Å²) < 4.78 is 1.52. The molecule has 0 fully saturated rings. The van der Waals surface area contributed by atoms with Crippen molar-refractivity contribution in [2.75, 3.05) is 11.4 Å². The smallest absolute Gasteiger partial charge is 0.248 e. The maximum Gasteiger partial charge on any atom is 0.248 e. The van der Waals surface area contributed by atoms with Crippen LogP contribution in [0.15, 0.2) is 36.7 Å².